The second-order valence-corrected chi connectivity index (χ2v) is 8.53. The van der Waals surface area contributed by atoms with E-state index in [9.17, 15) is 9.00 Å². The van der Waals surface area contributed by atoms with E-state index < -0.39 is 15.3 Å². The first-order valence-electron chi connectivity index (χ1n) is 8.85. The maximum absolute atomic E-state index is 13.3. The van der Waals surface area contributed by atoms with E-state index in [0.717, 1.165) is 0 Å². The topological polar surface area (TPSA) is 111 Å². The molecule has 0 radical (unpaired) electrons. The van der Waals surface area contributed by atoms with Crippen LogP contribution in [0.3, 0.4) is 0 Å². The van der Waals surface area contributed by atoms with Crippen LogP contribution in [0.1, 0.15) is 0 Å². The van der Waals surface area contributed by atoms with Crippen molar-refractivity contribution in [3.63, 3.8) is 0 Å². The van der Waals surface area contributed by atoms with Gasteiger partial charge in [-0.05, 0) is 54.4 Å². The van der Waals surface area contributed by atoms with Gasteiger partial charge in [-0.25, -0.2) is 19.0 Å². The van der Waals surface area contributed by atoms with Crippen LogP contribution < -0.4 is 10.3 Å². The molecule has 1 unspecified atom stereocenters. The van der Waals surface area contributed by atoms with Gasteiger partial charge in [0.1, 0.15) is 11.4 Å². The molecular formula is C21H14N4O4S. The summed E-state index contributed by atoms with van der Waals surface area (Å²) in [5.74, 6) is 4.56. The van der Waals surface area contributed by atoms with Crippen molar-refractivity contribution >= 4 is 43.6 Å². The summed E-state index contributed by atoms with van der Waals surface area (Å²) in [4.78, 5) is 24.5. The molecule has 0 bridgehead atoms. The molecule has 0 spiro atoms. The number of hydrogen-bond donors (Lipinski definition) is 1. The molecule has 30 heavy (non-hydrogen) atoms. The first-order valence-corrected chi connectivity index (χ1v) is 10.6. The number of fused-ring (bicyclic) bond motifs is 2. The third-order valence-electron chi connectivity index (χ3n) is 4.41. The summed E-state index contributed by atoms with van der Waals surface area (Å²) in [6.07, 6.45) is 3.20. The standard InChI is InChI=1S/C21H14N4O4S/c1-30(27,15-5-6-16-13(11-15)4-7-19(26)28-16)25-18-12-14(8-10-22-18)21-24-20-17(29-21)3-2-9-23-20/h2-12H,1H2,(H,22,25,27). The lowest BCUT2D eigenvalue weighted by molar-refractivity contribution is 0.561. The molecule has 9 heteroatoms. The van der Waals surface area contributed by atoms with E-state index in [-0.39, 0.29) is 0 Å². The number of aromatic nitrogens is 3. The highest BCUT2D eigenvalue weighted by Crippen LogP contribution is 2.25. The molecular weight excluding hydrogens is 404 g/mol. The average Bonchev–Trinajstić information content (AvgIpc) is 3.17. The first-order chi connectivity index (χ1) is 14.5. The van der Waals surface area contributed by atoms with Gasteiger partial charge in [-0.3, -0.25) is 4.72 Å². The highest BCUT2D eigenvalue weighted by molar-refractivity contribution is 8.01. The molecule has 1 atom stereocenters. The van der Waals surface area contributed by atoms with Crippen molar-refractivity contribution in [2.75, 3.05) is 4.72 Å². The number of rotatable bonds is 4. The van der Waals surface area contributed by atoms with E-state index in [1.54, 1.807) is 60.9 Å². The summed E-state index contributed by atoms with van der Waals surface area (Å²) in [5.41, 5.74) is 1.69. The Balaban J connectivity index is 1.48. The summed E-state index contributed by atoms with van der Waals surface area (Å²) in [7, 11) is -2.93. The smallest absolute Gasteiger partial charge is 0.336 e. The van der Waals surface area contributed by atoms with Gasteiger partial charge in [0.2, 0.25) is 5.89 Å². The minimum atomic E-state index is -2.93. The van der Waals surface area contributed by atoms with Crippen molar-refractivity contribution in [3.8, 4) is 11.5 Å². The Hall–Kier alpha value is -3.98. The second kappa shape index (κ2) is 6.82. The summed E-state index contributed by atoms with van der Waals surface area (Å²) in [5, 5.41) is 0.644. The van der Waals surface area contributed by atoms with E-state index in [2.05, 4.69) is 25.5 Å². The van der Waals surface area contributed by atoms with Crippen LogP contribution in [0.4, 0.5) is 5.82 Å². The fourth-order valence-corrected chi connectivity index (χ4v) is 4.17. The first kappa shape index (κ1) is 18.1. The minimum Gasteiger partial charge on any atom is -0.434 e. The number of anilines is 1. The predicted octanol–water partition coefficient (Wildman–Crippen LogP) is 3.49. The van der Waals surface area contributed by atoms with Crippen LogP contribution in [0, 0.1) is 0 Å². The number of oxazole rings is 1. The maximum Gasteiger partial charge on any atom is 0.336 e. The molecule has 5 rings (SSSR count). The Labute approximate surface area is 170 Å². The predicted molar refractivity (Wildman–Crippen MR) is 115 cm³/mol. The van der Waals surface area contributed by atoms with Gasteiger partial charge in [0.15, 0.2) is 11.2 Å². The quantitative estimate of drug-likeness (QED) is 0.351. The van der Waals surface area contributed by atoms with E-state index in [4.69, 9.17) is 8.83 Å². The summed E-state index contributed by atoms with van der Waals surface area (Å²) < 4.78 is 27.0. The molecule has 8 nitrogen and oxygen atoms in total. The van der Waals surface area contributed by atoms with E-state index in [1.807, 2.05) is 0 Å². The Morgan fingerprint density at radius 2 is 1.83 bits per heavy atom. The van der Waals surface area contributed by atoms with Crippen molar-refractivity contribution in [1.29, 1.82) is 0 Å². The highest BCUT2D eigenvalue weighted by atomic mass is 32.2. The molecule has 0 fully saturated rings. The van der Waals surface area contributed by atoms with Crippen molar-refractivity contribution < 1.29 is 13.0 Å². The van der Waals surface area contributed by atoms with E-state index in [1.165, 1.54) is 6.07 Å². The SMILES string of the molecule is C=S(=O)(Nc1cc(-c2nc3ncccc3o2)ccn1)c1ccc2oc(=O)ccc2c1. The van der Waals surface area contributed by atoms with Gasteiger partial charge in [0, 0.05) is 29.4 Å². The van der Waals surface area contributed by atoms with E-state index >= 15 is 0 Å². The van der Waals surface area contributed by atoms with Crippen LogP contribution in [0.5, 0.6) is 0 Å². The van der Waals surface area contributed by atoms with Gasteiger partial charge in [-0.2, -0.15) is 4.98 Å². The molecule has 1 N–H and O–H groups in total. The summed E-state index contributed by atoms with van der Waals surface area (Å²) >= 11 is 0. The molecule has 0 aliphatic heterocycles. The second-order valence-electron chi connectivity index (χ2n) is 6.51. The Kier molecular flexibility index (Phi) is 4.11. The van der Waals surface area contributed by atoms with Gasteiger partial charge in [0.05, 0.1) is 14.6 Å². The Morgan fingerprint density at radius 1 is 0.933 bits per heavy atom. The molecule has 0 saturated carbocycles. The molecule has 0 saturated heterocycles. The van der Waals surface area contributed by atoms with E-state index in [0.29, 0.717) is 44.4 Å². The number of nitrogens with one attached hydrogen (secondary N) is 1. The summed E-state index contributed by atoms with van der Waals surface area (Å²) in [6.45, 7) is 0. The van der Waals surface area contributed by atoms with Gasteiger partial charge in [0.25, 0.3) is 0 Å². The van der Waals surface area contributed by atoms with Crippen molar-refractivity contribution in [3.05, 3.63) is 77.4 Å². The molecule has 0 amide bonds. The third-order valence-corrected chi connectivity index (χ3v) is 5.97. The molecule has 148 valence electrons. The van der Waals surface area contributed by atoms with Crippen LogP contribution in [0.15, 0.2) is 85.5 Å². The van der Waals surface area contributed by atoms with Crippen molar-refractivity contribution in [1.82, 2.24) is 15.0 Å². The maximum atomic E-state index is 13.3. The molecule has 4 aromatic heterocycles. The number of hydrogen-bond acceptors (Lipinski definition) is 7. The lowest BCUT2D eigenvalue weighted by Crippen LogP contribution is -2.13. The zero-order valence-electron chi connectivity index (χ0n) is 15.4. The van der Waals surface area contributed by atoms with Gasteiger partial charge < -0.3 is 8.83 Å². The van der Waals surface area contributed by atoms with Crippen LogP contribution in [0.2, 0.25) is 0 Å². The molecule has 0 aliphatic rings. The number of benzene rings is 1. The molecule has 5 aromatic rings. The molecule has 1 aromatic carbocycles. The number of pyridine rings is 2. The zero-order valence-corrected chi connectivity index (χ0v) is 16.3. The molecule has 4 heterocycles. The lowest BCUT2D eigenvalue weighted by Gasteiger charge is -2.13. The normalized spacial score (nSPS) is 13.3. The highest BCUT2D eigenvalue weighted by Gasteiger charge is 2.13. The summed E-state index contributed by atoms with van der Waals surface area (Å²) in [6, 6.07) is 14.7. The Bertz CT molecular complexity index is 1540. The largest absolute Gasteiger partial charge is 0.434 e. The fourth-order valence-electron chi connectivity index (χ4n) is 2.99. The van der Waals surface area contributed by atoms with Crippen LogP contribution in [-0.4, -0.2) is 25.0 Å². The lowest BCUT2D eigenvalue weighted by atomic mass is 10.2. The van der Waals surface area contributed by atoms with Gasteiger partial charge >= 0.3 is 5.63 Å². The average molecular weight is 418 g/mol. The monoisotopic (exact) mass is 418 g/mol. The molecule has 0 aliphatic carbocycles. The van der Waals surface area contributed by atoms with Crippen LogP contribution >= 0.6 is 0 Å². The van der Waals surface area contributed by atoms with Crippen molar-refractivity contribution in [2.24, 2.45) is 0 Å². The third kappa shape index (κ3) is 3.31. The minimum absolute atomic E-state index is 0.349. The zero-order chi connectivity index (χ0) is 20.7. The van der Waals surface area contributed by atoms with Gasteiger partial charge in [-0.1, -0.05) is 0 Å². The van der Waals surface area contributed by atoms with Crippen LogP contribution in [-0.2, 0) is 9.71 Å². The van der Waals surface area contributed by atoms with Crippen molar-refractivity contribution in [2.45, 2.75) is 4.90 Å². The van der Waals surface area contributed by atoms with Gasteiger partial charge in [-0.15, -0.1) is 0 Å². The van der Waals surface area contributed by atoms with Crippen LogP contribution in [0.25, 0.3) is 33.7 Å². The fraction of sp³-hybridized carbons (Fsp3) is 0. The Morgan fingerprint density at radius 3 is 2.70 bits per heavy atom. The number of nitrogens with zero attached hydrogens (tertiary/aromatic N) is 3.